The van der Waals surface area contributed by atoms with Crippen LogP contribution in [0.15, 0.2) is 18.3 Å². The van der Waals surface area contributed by atoms with Crippen LogP contribution in [0.1, 0.15) is 26.0 Å². The molecule has 1 aliphatic heterocycles. The number of carbonyl (C=O) groups excluding carboxylic acids is 1. The number of carbonyl (C=O) groups is 1. The first kappa shape index (κ1) is 16.7. The Hall–Kier alpha value is -1.67. The number of aromatic nitrogens is 1. The van der Waals surface area contributed by atoms with Gasteiger partial charge in [0.05, 0.1) is 24.5 Å². The second-order valence-corrected chi connectivity index (χ2v) is 7.44. The number of hydrogen-bond donors (Lipinski definition) is 1. The minimum atomic E-state index is -3.16. The van der Waals surface area contributed by atoms with Gasteiger partial charge in [0.15, 0.2) is 0 Å². The van der Waals surface area contributed by atoms with E-state index in [4.69, 9.17) is 4.74 Å². The summed E-state index contributed by atoms with van der Waals surface area (Å²) in [7, 11) is -3.16. The molecule has 1 atom stereocenters. The van der Waals surface area contributed by atoms with Gasteiger partial charge < -0.3 is 10.1 Å². The lowest BCUT2D eigenvalue weighted by Gasteiger charge is -2.16. The van der Waals surface area contributed by atoms with Crippen molar-refractivity contribution in [1.82, 2.24) is 14.6 Å². The number of sulfonamides is 1. The van der Waals surface area contributed by atoms with Crippen molar-refractivity contribution in [3.05, 3.63) is 24.0 Å². The van der Waals surface area contributed by atoms with Gasteiger partial charge in [-0.05, 0) is 19.4 Å². The predicted octanol–water partition coefficient (Wildman–Crippen LogP) is 0.520. The molecule has 1 N–H and O–H groups in total. The fourth-order valence-corrected chi connectivity index (χ4v) is 3.40. The third kappa shape index (κ3) is 4.41. The lowest BCUT2D eigenvalue weighted by Crippen LogP contribution is -2.32. The third-order valence-corrected chi connectivity index (χ3v) is 5.32. The van der Waals surface area contributed by atoms with Crippen molar-refractivity contribution in [2.45, 2.75) is 32.9 Å². The second-order valence-electron chi connectivity index (χ2n) is 5.18. The summed E-state index contributed by atoms with van der Waals surface area (Å²) in [6, 6.07) is 3.49. The molecule has 1 aliphatic rings. The number of nitrogens with zero attached hydrogens (tertiary/aromatic N) is 2. The van der Waals surface area contributed by atoms with E-state index in [0.717, 1.165) is 0 Å². The molecule has 1 aromatic rings. The Morgan fingerprint density at radius 1 is 1.55 bits per heavy atom. The minimum Gasteiger partial charge on any atom is -0.489 e. The van der Waals surface area contributed by atoms with E-state index in [9.17, 15) is 13.2 Å². The van der Waals surface area contributed by atoms with Gasteiger partial charge in [-0.2, -0.15) is 4.31 Å². The van der Waals surface area contributed by atoms with E-state index in [1.165, 1.54) is 11.2 Å². The van der Waals surface area contributed by atoms with E-state index in [2.05, 4.69) is 10.3 Å². The molecule has 2 heterocycles. The number of pyridine rings is 1. The molecule has 2 rings (SSSR count). The minimum absolute atomic E-state index is 0.107. The maximum absolute atomic E-state index is 11.8. The molecular weight excluding hydrogens is 306 g/mol. The Morgan fingerprint density at radius 2 is 2.32 bits per heavy atom. The van der Waals surface area contributed by atoms with Crippen LogP contribution in [0, 0.1) is 0 Å². The van der Waals surface area contributed by atoms with Crippen molar-refractivity contribution >= 4 is 15.9 Å². The standard InChI is InChI=1S/C14H21N3O4S/c1-3-22(19,20)17-7-5-14(10-17)21-13-4-6-15-12(8-13)9-16-11(2)18/h4,6,8,14H,3,5,7,9-10H2,1-2H3,(H,16,18). The molecule has 0 spiro atoms. The first-order chi connectivity index (χ1) is 10.4. The van der Waals surface area contributed by atoms with Gasteiger partial charge >= 0.3 is 0 Å². The largest absolute Gasteiger partial charge is 0.489 e. The molecule has 0 saturated carbocycles. The van der Waals surface area contributed by atoms with Gasteiger partial charge in [-0.3, -0.25) is 9.78 Å². The number of nitrogens with one attached hydrogen (secondary N) is 1. The third-order valence-electron chi connectivity index (χ3n) is 3.48. The number of ether oxygens (including phenoxy) is 1. The van der Waals surface area contributed by atoms with Crippen LogP contribution in [0.25, 0.3) is 0 Å². The molecule has 7 nitrogen and oxygen atoms in total. The van der Waals surface area contributed by atoms with E-state index in [1.54, 1.807) is 25.3 Å². The highest BCUT2D eigenvalue weighted by Gasteiger charge is 2.31. The van der Waals surface area contributed by atoms with Crippen molar-refractivity contribution in [3.8, 4) is 5.75 Å². The molecule has 122 valence electrons. The van der Waals surface area contributed by atoms with Crippen LogP contribution in [-0.2, 0) is 21.4 Å². The Morgan fingerprint density at radius 3 is 3.00 bits per heavy atom. The predicted molar refractivity (Wildman–Crippen MR) is 81.8 cm³/mol. The van der Waals surface area contributed by atoms with E-state index >= 15 is 0 Å². The van der Waals surface area contributed by atoms with Crippen molar-refractivity contribution in [2.75, 3.05) is 18.8 Å². The van der Waals surface area contributed by atoms with Crippen LogP contribution in [0.4, 0.5) is 0 Å². The van der Waals surface area contributed by atoms with Crippen LogP contribution >= 0.6 is 0 Å². The zero-order valence-corrected chi connectivity index (χ0v) is 13.6. The molecule has 1 amide bonds. The summed E-state index contributed by atoms with van der Waals surface area (Å²) in [6.07, 6.45) is 2.13. The Balaban J connectivity index is 1.94. The number of hydrogen-bond acceptors (Lipinski definition) is 5. The van der Waals surface area contributed by atoms with Crippen LogP contribution < -0.4 is 10.1 Å². The summed E-state index contributed by atoms with van der Waals surface area (Å²) in [6.45, 7) is 4.29. The van der Waals surface area contributed by atoms with Gasteiger partial charge in [0, 0.05) is 25.7 Å². The average molecular weight is 327 g/mol. The zero-order chi connectivity index (χ0) is 16.2. The van der Waals surface area contributed by atoms with Gasteiger partial charge in [0.1, 0.15) is 11.9 Å². The van der Waals surface area contributed by atoms with Gasteiger partial charge in [-0.1, -0.05) is 0 Å². The molecule has 0 aromatic carbocycles. The molecule has 0 aliphatic carbocycles. The van der Waals surface area contributed by atoms with Crippen LogP contribution in [0.2, 0.25) is 0 Å². The van der Waals surface area contributed by atoms with Crippen molar-refractivity contribution in [2.24, 2.45) is 0 Å². The lowest BCUT2D eigenvalue weighted by atomic mass is 10.3. The summed E-state index contributed by atoms with van der Waals surface area (Å²) in [5.74, 6) is 0.621. The summed E-state index contributed by atoms with van der Waals surface area (Å²) in [5.41, 5.74) is 0.698. The Kier molecular flexibility index (Phi) is 5.36. The summed E-state index contributed by atoms with van der Waals surface area (Å²) < 4.78 is 30.9. The SMILES string of the molecule is CCS(=O)(=O)N1CCC(Oc2ccnc(CNC(C)=O)c2)C1. The van der Waals surface area contributed by atoms with Crippen molar-refractivity contribution in [1.29, 1.82) is 0 Å². The number of rotatable bonds is 6. The van der Waals surface area contributed by atoms with Crippen LogP contribution in [-0.4, -0.2) is 48.6 Å². The van der Waals surface area contributed by atoms with Gasteiger partial charge in [0.25, 0.3) is 0 Å². The molecule has 1 unspecified atom stereocenters. The van der Waals surface area contributed by atoms with E-state index in [-0.39, 0.29) is 17.8 Å². The monoisotopic (exact) mass is 327 g/mol. The fraction of sp³-hybridized carbons (Fsp3) is 0.571. The summed E-state index contributed by atoms with van der Waals surface area (Å²) >= 11 is 0. The highest BCUT2D eigenvalue weighted by molar-refractivity contribution is 7.89. The first-order valence-corrected chi connectivity index (χ1v) is 8.85. The summed E-state index contributed by atoms with van der Waals surface area (Å²) in [5, 5.41) is 2.67. The van der Waals surface area contributed by atoms with Crippen molar-refractivity contribution in [3.63, 3.8) is 0 Å². The average Bonchev–Trinajstić information content (AvgIpc) is 2.95. The molecule has 0 bridgehead atoms. The Bertz CT molecular complexity index is 633. The molecular formula is C14H21N3O4S. The van der Waals surface area contributed by atoms with E-state index in [1.807, 2.05) is 0 Å². The second kappa shape index (κ2) is 7.06. The topological polar surface area (TPSA) is 88.6 Å². The highest BCUT2D eigenvalue weighted by Crippen LogP contribution is 2.20. The first-order valence-electron chi connectivity index (χ1n) is 7.24. The van der Waals surface area contributed by atoms with Gasteiger partial charge in [-0.25, -0.2) is 8.42 Å². The summed E-state index contributed by atoms with van der Waals surface area (Å²) in [4.78, 5) is 15.1. The zero-order valence-electron chi connectivity index (χ0n) is 12.8. The van der Waals surface area contributed by atoms with Crippen molar-refractivity contribution < 1.29 is 17.9 Å². The smallest absolute Gasteiger partial charge is 0.217 e. The maximum atomic E-state index is 11.8. The lowest BCUT2D eigenvalue weighted by molar-refractivity contribution is -0.119. The highest BCUT2D eigenvalue weighted by atomic mass is 32.2. The quantitative estimate of drug-likeness (QED) is 0.823. The van der Waals surface area contributed by atoms with Crippen LogP contribution in [0.5, 0.6) is 5.75 Å². The molecule has 1 aromatic heterocycles. The Labute approximate surface area is 130 Å². The molecule has 1 saturated heterocycles. The molecule has 1 fully saturated rings. The van der Waals surface area contributed by atoms with Gasteiger partial charge in [0.2, 0.25) is 15.9 Å². The molecule has 0 radical (unpaired) electrons. The van der Waals surface area contributed by atoms with E-state index < -0.39 is 10.0 Å². The van der Waals surface area contributed by atoms with Gasteiger partial charge in [-0.15, -0.1) is 0 Å². The fourth-order valence-electron chi connectivity index (χ4n) is 2.26. The van der Waals surface area contributed by atoms with Crippen LogP contribution in [0.3, 0.4) is 0 Å². The molecule has 8 heteroatoms. The number of amides is 1. The maximum Gasteiger partial charge on any atom is 0.217 e. The molecule has 22 heavy (non-hydrogen) atoms. The van der Waals surface area contributed by atoms with E-state index in [0.29, 0.717) is 37.5 Å². The normalized spacial score (nSPS) is 19.1.